The second kappa shape index (κ2) is 4.76. The zero-order chi connectivity index (χ0) is 15.3. The number of nitrogens with one attached hydrogen (secondary N) is 1. The predicted octanol–water partition coefficient (Wildman–Crippen LogP) is 0.535. The van der Waals surface area contributed by atoms with E-state index < -0.39 is 0 Å². The van der Waals surface area contributed by atoms with Crippen LogP contribution >= 0.6 is 0 Å². The summed E-state index contributed by atoms with van der Waals surface area (Å²) in [6, 6.07) is 2.41. The molecular formula is C15H17N7O. The second-order valence-electron chi connectivity index (χ2n) is 6.37. The van der Waals surface area contributed by atoms with E-state index in [9.17, 15) is 0 Å². The molecule has 0 saturated carbocycles. The summed E-state index contributed by atoms with van der Waals surface area (Å²) in [6.07, 6.45) is 7.99. The Kier molecular flexibility index (Phi) is 2.69. The lowest BCUT2D eigenvalue weighted by Crippen LogP contribution is -2.46. The Morgan fingerprint density at radius 2 is 2.35 bits per heavy atom. The number of hydrogen-bond donors (Lipinski definition) is 1. The normalized spacial score (nSPS) is 31.4. The van der Waals surface area contributed by atoms with E-state index in [1.54, 1.807) is 12.5 Å². The van der Waals surface area contributed by atoms with Crippen molar-refractivity contribution in [3.63, 3.8) is 0 Å². The molecule has 2 saturated heterocycles. The van der Waals surface area contributed by atoms with Crippen LogP contribution in [0, 0.1) is 5.92 Å². The molecule has 2 aromatic rings. The van der Waals surface area contributed by atoms with E-state index in [4.69, 9.17) is 4.74 Å². The monoisotopic (exact) mass is 311 g/mol. The fraction of sp³-hybridized carbons (Fsp3) is 0.467. The molecule has 0 radical (unpaired) electrons. The van der Waals surface area contributed by atoms with Gasteiger partial charge in [0.2, 0.25) is 0 Å². The van der Waals surface area contributed by atoms with Gasteiger partial charge < -0.3 is 4.74 Å². The topological polar surface area (TPSA) is 80.5 Å². The third kappa shape index (κ3) is 2.09. The first kappa shape index (κ1) is 13.0. The molecule has 0 amide bonds. The Hall–Kier alpha value is -2.48. The Labute approximate surface area is 133 Å². The number of aromatic nitrogens is 4. The smallest absolute Gasteiger partial charge is 0.291 e. The van der Waals surface area contributed by atoms with Crippen LogP contribution in [-0.2, 0) is 4.74 Å². The SMILES string of the molecule is c1cn(-c2cc(NC3=NC[C@@]4(C[N@@]5CC[C@@H]4C5)O3)ncn2)cn1. The van der Waals surface area contributed by atoms with Gasteiger partial charge in [-0.3, -0.25) is 14.8 Å². The number of fused-ring (bicyclic) bond motifs is 3. The zero-order valence-corrected chi connectivity index (χ0v) is 12.6. The van der Waals surface area contributed by atoms with E-state index in [1.807, 2.05) is 16.8 Å². The van der Waals surface area contributed by atoms with Crippen LogP contribution in [0.4, 0.5) is 5.82 Å². The van der Waals surface area contributed by atoms with Gasteiger partial charge in [-0.25, -0.2) is 19.9 Å². The third-order valence-corrected chi connectivity index (χ3v) is 4.95. The van der Waals surface area contributed by atoms with Gasteiger partial charge in [0.25, 0.3) is 6.02 Å². The molecule has 5 heterocycles. The van der Waals surface area contributed by atoms with E-state index >= 15 is 0 Å². The highest BCUT2D eigenvalue weighted by Gasteiger charge is 2.54. The number of rotatable bonds is 2. The van der Waals surface area contributed by atoms with Gasteiger partial charge in [0, 0.05) is 37.5 Å². The number of hydrogen-bond acceptors (Lipinski definition) is 7. The van der Waals surface area contributed by atoms with Crippen molar-refractivity contribution in [1.82, 2.24) is 24.4 Å². The minimum atomic E-state index is -0.124. The van der Waals surface area contributed by atoms with Crippen LogP contribution in [-0.4, -0.2) is 62.2 Å². The van der Waals surface area contributed by atoms with Crippen molar-refractivity contribution in [3.8, 4) is 5.82 Å². The summed E-state index contributed by atoms with van der Waals surface area (Å²) in [7, 11) is 0. The van der Waals surface area contributed by atoms with Crippen LogP contribution in [0.15, 0.2) is 36.1 Å². The third-order valence-electron chi connectivity index (χ3n) is 4.95. The second-order valence-corrected chi connectivity index (χ2v) is 6.37. The van der Waals surface area contributed by atoms with Crippen LogP contribution in [0.5, 0.6) is 0 Å². The summed E-state index contributed by atoms with van der Waals surface area (Å²) in [4.78, 5) is 19.5. The molecule has 8 heteroatoms. The standard InChI is InChI=1S/C15H17N7O/c1-3-21-6-11(1)15(8-21)7-17-14(23-15)20-12-5-13(19-9-18-12)22-4-2-16-10-22/h2,4-5,9-11H,1,3,6-8H2,(H,17,18,19,20)/t11-,15+/m1/s1. The number of imidazole rings is 1. The summed E-state index contributed by atoms with van der Waals surface area (Å²) in [5.41, 5.74) is -0.124. The molecular weight excluding hydrogens is 294 g/mol. The molecule has 2 fully saturated rings. The van der Waals surface area contributed by atoms with Crippen molar-refractivity contribution < 1.29 is 4.74 Å². The summed E-state index contributed by atoms with van der Waals surface area (Å²) >= 11 is 0. The van der Waals surface area contributed by atoms with Gasteiger partial charge in [0.05, 0.1) is 6.54 Å². The van der Waals surface area contributed by atoms with Gasteiger partial charge in [-0.2, -0.15) is 0 Å². The number of nitrogens with zero attached hydrogens (tertiary/aromatic N) is 6. The van der Waals surface area contributed by atoms with Crippen molar-refractivity contribution in [2.45, 2.75) is 12.0 Å². The van der Waals surface area contributed by atoms with Gasteiger partial charge in [-0.05, 0) is 13.0 Å². The number of piperidine rings is 1. The first-order valence-corrected chi connectivity index (χ1v) is 7.84. The number of aliphatic imine (C=N–C) groups is 1. The predicted molar refractivity (Wildman–Crippen MR) is 83.4 cm³/mol. The number of amidine groups is 1. The molecule has 3 aliphatic rings. The molecule has 118 valence electrons. The van der Waals surface area contributed by atoms with Crippen LogP contribution in [0.2, 0.25) is 0 Å². The molecule has 8 nitrogen and oxygen atoms in total. The molecule has 3 aliphatic heterocycles. The van der Waals surface area contributed by atoms with Gasteiger partial charge in [-0.1, -0.05) is 0 Å². The largest absolute Gasteiger partial charge is 0.455 e. The zero-order valence-electron chi connectivity index (χ0n) is 12.6. The van der Waals surface area contributed by atoms with Crippen molar-refractivity contribution in [2.24, 2.45) is 10.9 Å². The Balaban J connectivity index is 1.32. The molecule has 0 aliphatic carbocycles. The van der Waals surface area contributed by atoms with E-state index in [1.165, 1.54) is 19.3 Å². The van der Waals surface area contributed by atoms with Gasteiger partial charge >= 0.3 is 0 Å². The van der Waals surface area contributed by atoms with Crippen LogP contribution in [0.1, 0.15) is 6.42 Å². The summed E-state index contributed by atoms with van der Waals surface area (Å²) in [6.45, 7) is 4.05. The highest BCUT2D eigenvalue weighted by Crippen LogP contribution is 2.41. The lowest BCUT2D eigenvalue weighted by atomic mass is 9.88. The van der Waals surface area contributed by atoms with E-state index in [2.05, 4.69) is 30.2 Å². The molecule has 23 heavy (non-hydrogen) atoms. The number of ether oxygens (including phenoxy) is 1. The maximum Gasteiger partial charge on any atom is 0.291 e. The number of anilines is 1. The maximum absolute atomic E-state index is 6.20. The van der Waals surface area contributed by atoms with E-state index in [0.717, 1.165) is 25.5 Å². The minimum Gasteiger partial charge on any atom is -0.455 e. The van der Waals surface area contributed by atoms with Crippen molar-refractivity contribution in [2.75, 3.05) is 31.5 Å². The quantitative estimate of drug-likeness (QED) is 0.871. The molecule has 3 atom stereocenters. The van der Waals surface area contributed by atoms with Crippen LogP contribution < -0.4 is 5.32 Å². The average Bonchev–Trinajstić information content (AvgIpc) is 3.32. The van der Waals surface area contributed by atoms with Crippen LogP contribution in [0.3, 0.4) is 0 Å². The Morgan fingerprint density at radius 3 is 3.13 bits per heavy atom. The van der Waals surface area contributed by atoms with Gasteiger partial charge in [0.1, 0.15) is 29.9 Å². The lowest BCUT2D eigenvalue weighted by molar-refractivity contribution is 0.0364. The lowest BCUT2D eigenvalue weighted by Gasteiger charge is -2.32. The molecule has 5 rings (SSSR count). The molecule has 2 bridgehead atoms. The van der Waals surface area contributed by atoms with Gasteiger partial charge in [-0.15, -0.1) is 0 Å². The first-order valence-electron chi connectivity index (χ1n) is 7.84. The van der Waals surface area contributed by atoms with Crippen molar-refractivity contribution >= 4 is 11.8 Å². The molecule has 1 spiro atoms. The Morgan fingerprint density at radius 1 is 1.35 bits per heavy atom. The first-order chi connectivity index (χ1) is 11.3. The molecule has 0 aromatic carbocycles. The Bertz CT molecular complexity index is 759. The maximum atomic E-state index is 6.20. The highest BCUT2D eigenvalue weighted by atomic mass is 16.5. The fourth-order valence-corrected chi connectivity index (χ4v) is 3.80. The molecule has 2 aromatic heterocycles. The van der Waals surface area contributed by atoms with Crippen LogP contribution in [0.25, 0.3) is 5.82 Å². The average molecular weight is 311 g/mol. The van der Waals surface area contributed by atoms with Crippen molar-refractivity contribution in [1.29, 1.82) is 0 Å². The minimum absolute atomic E-state index is 0.124. The summed E-state index contributed by atoms with van der Waals surface area (Å²) < 4.78 is 8.02. The summed E-state index contributed by atoms with van der Waals surface area (Å²) in [5, 5.41) is 3.18. The highest BCUT2D eigenvalue weighted by molar-refractivity contribution is 5.89. The fourth-order valence-electron chi connectivity index (χ4n) is 3.80. The van der Waals surface area contributed by atoms with E-state index in [-0.39, 0.29) is 5.60 Å². The molecule has 1 N–H and O–H groups in total. The molecule has 0 unspecified atom stereocenters. The van der Waals surface area contributed by atoms with E-state index in [0.29, 0.717) is 17.8 Å². The summed E-state index contributed by atoms with van der Waals surface area (Å²) in [5.74, 6) is 2.01. The van der Waals surface area contributed by atoms with Gasteiger partial charge in [0.15, 0.2) is 0 Å². The van der Waals surface area contributed by atoms with Crippen molar-refractivity contribution in [3.05, 3.63) is 31.1 Å².